The summed E-state index contributed by atoms with van der Waals surface area (Å²) in [5, 5.41) is 5.49. The average Bonchev–Trinajstić information content (AvgIpc) is 2.96. The quantitative estimate of drug-likeness (QED) is 0.872. The molecule has 22 heavy (non-hydrogen) atoms. The molecule has 3 N–H and O–H groups in total. The predicted octanol–water partition coefficient (Wildman–Crippen LogP) is 4.10. The highest BCUT2D eigenvalue weighted by Crippen LogP contribution is 2.28. The number of nitrogens with zero attached hydrogens (tertiary/aromatic N) is 1. The Morgan fingerprint density at radius 2 is 2.00 bits per heavy atom. The molecular weight excluding hydrogens is 294 g/mol. The second-order valence-corrected chi connectivity index (χ2v) is 6.88. The molecule has 5 heteroatoms. The van der Waals surface area contributed by atoms with Gasteiger partial charge < -0.3 is 11.1 Å². The number of benzene rings is 1. The van der Waals surface area contributed by atoms with E-state index in [1.54, 1.807) is 5.38 Å². The van der Waals surface area contributed by atoms with Crippen LogP contribution >= 0.6 is 11.3 Å². The molecule has 0 fully saturated rings. The normalized spacial score (nSPS) is 11.2. The third-order valence-corrected chi connectivity index (χ3v) is 4.44. The molecule has 0 radical (unpaired) electrons. The van der Waals surface area contributed by atoms with Gasteiger partial charge in [0.1, 0.15) is 10.7 Å². The molecule has 0 saturated heterocycles. The van der Waals surface area contributed by atoms with Crippen molar-refractivity contribution in [2.75, 3.05) is 5.32 Å². The molecule has 0 atom stereocenters. The number of carbonyl (C=O) groups is 1. The van der Waals surface area contributed by atoms with Gasteiger partial charge in [-0.15, -0.1) is 11.3 Å². The Bertz CT molecular complexity index is 662. The van der Waals surface area contributed by atoms with Crippen LogP contribution in [0.2, 0.25) is 0 Å². The Balaban J connectivity index is 2.26. The lowest BCUT2D eigenvalue weighted by molar-refractivity contribution is 0.102. The first-order chi connectivity index (χ1) is 10.4. The second kappa shape index (κ2) is 7.03. The molecule has 0 aliphatic heterocycles. The maximum absolute atomic E-state index is 12.3. The van der Waals surface area contributed by atoms with E-state index in [0.717, 1.165) is 16.3 Å². The molecule has 1 aromatic carbocycles. The number of hydrogen-bond donors (Lipinski definition) is 2. The van der Waals surface area contributed by atoms with Crippen molar-refractivity contribution < 1.29 is 4.79 Å². The molecule has 0 aliphatic carbocycles. The average molecular weight is 317 g/mol. The van der Waals surface area contributed by atoms with E-state index in [4.69, 9.17) is 5.73 Å². The number of thiazole rings is 1. The van der Waals surface area contributed by atoms with E-state index in [9.17, 15) is 4.79 Å². The van der Waals surface area contributed by atoms with Gasteiger partial charge in [0.05, 0.1) is 0 Å². The molecule has 0 aliphatic rings. The van der Waals surface area contributed by atoms with Gasteiger partial charge in [0.15, 0.2) is 0 Å². The fourth-order valence-electron chi connectivity index (χ4n) is 2.23. The Morgan fingerprint density at radius 1 is 1.27 bits per heavy atom. The fraction of sp³-hybridized carbons (Fsp3) is 0.412. The number of aromatic nitrogens is 1. The van der Waals surface area contributed by atoms with Crippen LogP contribution in [0.3, 0.4) is 0 Å². The molecule has 2 rings (SSSR count). The monoisotopic (exact) mass is 317 g/mol. The molecule has 0 bridgehead atoms. The molecule has 1 amide bonds. The summed E-state index contributed by atoms with van der Waals surface area (Å²) in [5.74, 6) is 0.618. The summed E-state index contributed by atoms with van der Waals surface area (Å²) >= 11 is 1.41. The number of anilines is 1. The minimum Gasteiger partial charge on any atom is -0.325 e. The highest BCUT2D eigenvalue weighted by Gasteiger charge is 2.15. The van der Waals surface area contributed by atoms with Crippen LogP contribution in [0.25, 0.3) is 0 Å². The molecule has 1 heterocycles. The second-order valence-electron chi connectivity index (χ2n) is 5.94. The lowest BCUT2D eigenvalue weighted by atomic mass is 9.94. The predicted molar refractivity (Wildman–Crippen MR) is 92.6 cm³/mol. The van der Waals surface area contributed by atoms with E-state index in [-0.39, 0.29) is 5.91 Å². The van der Waals surface area contributed by atoms with Crippen LogP contribution < -0.4 is 11.1 Å². The summed E-state index contributed by atoms with van der Waals surface area (Å²) in [6, 6.07) is 6.23. The van der Waals surface area contributed by atoms with Crippen molar-refractivity contribution in [3.8, 4) is 0 Å². The molecule has 1 aromatic heterocycles. The lowest BCUT2D eigenvalue weighted by Gasteiger charge is -2.16. The molecule has 2 aromatic rings. The van der Waals surface area contributed by atoms with Gasteiger partial charge in [-0.1, -0.05) is 39.8 Å². The van der Waals surface area contributed by atoms with E-state index in [1.165, 1.54) is 16.9 Å². The van der Waals surface area contributed by atoms with Gasteiger partial charge in [-0.05, 0) is 29.0 Å². The van der Waals surface area contributed by atoms with E-state index in [1.807, 2.05) is 6.07 Å². The summed E-state index contributed by atoms with van der Waals surface area (Å²) in [5.41, 5.74) is 9.24. The zero-order chi connectivity index (χ0) is 16.3. The summed E-state index contributed by atoms with van der Waals surface area (Å²) in [7, 11) is 0. The van der Waals surface area contributed by atoms with Gasteiger partial charge in [0.25, 0.3) is 5.91 Å². The van der Waals surface area contributed by atoms with E-state index < -0.39 is 0 Å². The maximum atomic E-state index is 12.3. The summed E-state index contributed by atoms with van der Waals surface area (Å²) in [4.78, 5) is 16.6. The first-order valence-electron chi connectivity index (χ1n) is 7.52. The number of carbonyl (C=O) groups excluding carboxylic acids is 1. The first kappa shape index (κ1) is 16.6. The Morgan fingerprint density at radius 3 is 2.55 bits per heavy atom. The zero-order valence-electron chi connectivity index (χ0n) is 13.5. The number of nitrogens with one attached hydrogen (secondary N) is 1. The van der Waals surface area contributed by atoms with Crippen LogP contribution in [0.5, 0.6) is 0 Å². The van der Waals surface area contributed by atoms with Gasteiger partial charge in [-0.3, -0.25) is 4.79 Å². The standard InChI is InChI=1S/C17H23N3OS/c1-10(2)12-5-6-14(13(7-12)11(3)4)20-17(21)15-9-22-16(8-18)19-15/h5-7,9-11H,8,18H2,1-4H3,(H,20,21). The molecule has 118 valence electrons. The minimum atomic E-state index is -0.185. The number of rotatable bonds is 5. The third kappa shape index (κ3) is 3.72. The first-order valence-corrected chi connectivity index (χ1v) is 8.40. The molecule has 0 saturated carbocycles. The van der Waals surface area contributed by atoms with Crippen molar-refractivity contribution in [3.05, 3.63) is 45.4 Å². The van der Waals surface area contributed by atoms with Crippen LogP contribution in [0.4, 0.5) is 5.69 Å². The van der Waals surface area contributed by atoms with Crippen LogP contribution in [-0.4, -0.2) is 10.9 Å². The van der Waals surface area contributed by atoms with Crippen LogP contribution in [0.1, 0.15) is 66.2 Å². The van der Waals surface area contributed by atoms with Gasteiger partial charge in [-0.2, -0.15) is 0 Å². The third-order valence-electron chi connectivity index (χ3n) is 3.57. The summed E-state index contributed by atoms with van der Waals surface area (Å²) < 4.78 is 0. The Hall–Kier alpha value is -1.72. The highest BCUT2D eigenvalue weighted by atomic mass is 32.1. The number of hydrogen-bond acceptors (Lipinski definition) is 4. The fourth-order valence-corrected chi connectivity index (χ4v) is 2.88. The van der Waals surface area contributed by atoms with Gasteiger partial charge in [-0.25, -0.2) is 4.98 Å². The van der Waals surface area contributed by atoms with Crippen molar-refractivity contribution in [2.45, 2.75) is 46.1 Å². The van der Waals surface area contributed by atoms with Crippen LogP contribution in [0, 0.1) is 0 Å². The Labute approximate surface area is 135 Å². The minimum absolute atomic E-state index is 0.185. The van der Waals surface area contributed by atoms with Crippen molar-refractivity contribution in [2.24, 2.45) is 5.73 Å². The molecule has 0 unspecified atom stereocenters. The van der Waals surface area contributed by atoms with Crippen molar-refractivity contribution in [1.82, 2.24) is 4.98 Å². The maximum Gasteiger partial charge on any atom is 0.275 e. The SMILES string of the molecule is CC(C)c1ccc(NC(=O)c2csc(CN)n2)c(C(C)C)c1. The largest absolute Gasteiger partial charge is 0.325 e. The van der Waals surface area contributed by atoms with Gasteiger partial charge >= 0.3 is 0 Å². The summed E-state index contributed by atoms with van der Waals surface area (Å²) in [6.07, 6.45) is 0. The van der Waals surface area contributed by atoms with Crippen molar-refractivity contribution in [3.63, 3.8) is 0 Å². The number of nitrogens with two attached hydrogens (primary N) is 1. The van der Waals surface area contributed by atoms with Gasteiger partial charge in [0.2, 0.25) is 0 Å². The summed E-state index contributed by atoms with van der Waals surface area (Å²) in [6.45, 7) is 8.95. The van der Waals surface area contributed by atoms with E-state index >= 15 is 0 Å². The van der Waals surface area contributed by atoms with Crippen LogP contribution in [0.15, 0.2) is 23.6 Å². The van der Waals surface area contributed by atoms with Crippen molar-refractivity contribution >= 4 is 22.9 Å². The lowest BCUT2D eigenvalue weighted by Crippen LogP contribution is -2.14. The van der Waals surface area contributed by atoms with Crippen LogP contribution in [-0.2, 0) is 6.54 Å². The molecule has 4 nitrogen and oxygen atoms in total. The zero-order valence-corrected chi connectivity index (χ0v) is 14.3. The number of amides is 1. The molecule has 0 spiro atoms. The van der Waals surface area contributed by atoms with Crippen molar-refractivity contribution in [1.29, 1.82) is 0 Å². The molecular formula is C17H23N3OS. The Kier molecular flexibility index (Phi) is 5.32. The highest BCUT2D eigenvalue weighted by molar-refractivity contribution is 7.09. The smallest absolute Gasteiger partial charge is 0.275 e. The van der Waals surface area contributed by atoms with E-state index in [0.29, 0.717) is 24.1 Å². The topological polar surface area (TPSA) is 68.0 Å². The van der Waals surface area contributed by atoms with Gasteiger partial charge in [0, 0.05) is 17.6 Å². The van der Waals surface area contributed by atoms with E-state index in [2.05, 4.69) is 50.1 Å².